The lowest BCUT2D eigenvalue weighted by Gasteiger charge is -2.17. The van der Waals surface area contributed by atoms with Crippen molar-refractivity contribution in [3.8, 4) is 0 Å². The maximum atomic E-state index is 11.2. The van der Waals surface area contributed by atoms with E-state index in [1.807, 2.05) is 0 Å². The van der Waals surface area contributed by atoms with Gasteiger partial charge in [0.1, 0.15) is 6.04 Å². The van der Waals surface area contributed by atoms with Crippen molar-refractivity contribution in [2.24, 2.45) is 5.92 Å². The molecule has 0 rings (SSSR count). The van der Waals surface area contributed by atoms with Crippen LogP contribution in [0.1, 0.15) is 20.3 Å². The van der Waals surface area contributed by atoms with Gasteiger partial charge in [-0.3, -0.25) is 4.79 Å². The standard InChI is InChI=1S/C9H18N2O3/c1-6(2)8(9(13)14)11-7(12)4-5-10-3/h6,8,10H,4-5H2,1-3H3,(H,11,12)(H,13,14)/t8-/m1/s1. The van der Waals surface area contributed by atoms with E-state index in [4.69, 9.17) is 5.11 Å². The minimum Gasteiger partial charge on any atom is -0.480 e. The van der Waals surface area contributed by atoms with Crippen LogP contribution in [0.15, 0.2) is 0 Å². The van der Waals surface area contributed by atoms with E-state index in [1.165, 1.54) is 0 Å². The monoisotopic (exact) mass is 202 g/mol. The Kier molecular flexibility index (Phi) is 5.87. The van der Waals surface area contributed by atoms with Crippen LogP contribution in [-0.4, -0.2) is 36.6 Å². The van der Waals surface area contributed by atoms with Crippen molar-refractivity contribution >= 4 is 11.9 Å². The lowest BCUT2D eigenvalue weighted by molar-refractivity contribution is -0.143. The first-order valence-electron chi connectivity index (χ1n) is 4.65. The van der Waals surface area contributed by atoms with Crippen LogP contribution in [0.5, 0.6) is 0 Å². The lowest BCUT2D eigenvalue weighted by Crippen LogP contribution is -2.44. The summed E-state index contributed by atoms with van der Waals surface area (Å²) in [4.78, 5) is 21.9. The summed E-state index contributed by atoms with van der Waals surface area (Å²) in [5.41, 5.74) is 0. The number of carbonyl (C=O) groups is 2. The van der Waals surface area contributed by atoms with Crippen LogP contribution in [0.3, 0.4) is 0 Å². The minimum absolute atomic E-state index is 0.106. The zero-order valence-electron chi connectivity index (χ0n) is 8.83. The van der Waals surface area contributed by atoms with Gasteiger partial charge in [-0.1, -0.05) is 13.8 Å². The number of rotatable bonds is 6. The van der Waals surface area contributed by atoms with Crippen molar-refractivity contribution < 1.29 is 14.7 Å². The number of nitrogens with one attached hydrogen (secondary N) is 2. The molecular weight excluding hydrogens is 184 g/mol. The van der Waals surface area contributed by atoms with Crippen molar-refractivity contribution in [1.82, 2.24) is 10.6 Å². The maximum Gasteiger partial charge on any atom is 0.326 e. The molecule has 0 aliphatic heterocycles. The molecule has 0 bridgehead atoms. The number of carboxylic acids is 1. The maximum absolute atomic E-state index is 11.2. The Balaban J connectivity index is 4.04. The van der Waals surface area contributed by atoms with Crippen molar-refractivity contribution in [3.05, 3.63) is 0 Å². The van der Waals surface area contributed by atoms with Crippen LogP contribution in [0.2, 0.25) is 0 Å². The summed E-state index contributed by atoms with van der Waals surface area (Å²) < 4.78 is 0. The van der Waals surface area contributed by atoms with E-state index < -0.39 is 12.0 Å². The highest BCUT2D eigenvalue weighted by atomic mass is 16.4. The molecule has 1 atom stereocenters. The molecule has 1 amide bonds. The molecule has 14 heavy (non-hydrogen) atoms. The van der Waals surface area contributed by atoms with Gasteiger partial charge in [-0.15, -0.1) is 0 Å². The van der Waals surface area contributed by atoms with E-state index in [9.17, 15) is 9.59 Å². The van der Waals surface area contributed by atoms with Crippen molar-refractivity contribution in [2.45, 2.75) is 26.3 Å². The highest BCUT2D eigenvalue weighted by Crippen LogP contribution is 2.01. The highest BCUT2D eigenvalue weighted by Gasteiger charge is 2.22. The number of amides is 1. The molecule has 3 N–H and O–H groups in total. The number of hydrogen-bond acceptors (Lipinski definition) is 3. The molecule has 0 aromatic heterocycles. The van der Waals surface area contributed by atoms with Crippen LogP contribution < -0.4 is 10.6 Å². The van der Waals surface area contributed by atoms with E-state index in [-0.39, 0.29) is 11.8 Å². The zero-order chi connectivity index (χ0) is 11.1. The predicted octanol–water partition coefficient (Wildman–Crippen LogP) is -0.179. The smallest absolute Gasteiger partial charge is 0.326 e. The third-order valence-electron chi connectivity index (χ3n) is 1.85. The molecule has 0 aliphatic rings. The van der Waals surface area contributed by atoms with E-state index in [1.54, 1.807) is 20.9 Å². The summed E-state index contributed by atoms with van der Waals surface area (Å²) in [5, 5.41) is 14.1. The average molecular weight is 202 g/mol. The van der Waals surface area contributed by atoms with Gasteiger partial charge in [0.15, 0.2) is 0 Å². The topological polar surface area (TPSA) is 78.4 Å². The summed E-state index contributed by atoms with van der Waals surface area (Å²) >= 11 is 0. The van der Waals surface area contributed by atoms with Crippen molar-refractivity contribution in [3.63, 3.8) is 0 Å². The molecule has 0 heterocycles. The van der Waals surface area contributed by atoms with Gasteiger partial charge in [0.05, 0.1) is 0 Å². The molecule has 0 unspecified atom stereocenters. The van der Waals surface area contributed by atoms with E-state index in [0.717, 1.165) is 0 Å². The lowest BCUT2D eigenvalue weighted by atomic mass is 10.0. The number of carboxylic acid groups (broad SMARTS) is 1. The first kappa shape index (κ1) is 12.9. The first-order chi connectivity index (χ1) is 6.49. The van der Waals surface area contributed by atoms with Gasteiger partial charge in [-0.25, -0.2) is 4.79 Å². The van der Waals surface area contributed by atoms with Gasteiger partial charge in [-0.2, -0.15) is 0 Å². The number of hydrogen-bond donors (Lipinski definition) is 3. The SMILES string of the molecule is CNCCC(=O)N[C@@H](C(=O)O)C(C)C. The molecule has 0 saturated carbocycles. The second-order valence-electron chi connectivity index (χ2n) is 3.48. The highest BCUT2D eigenvalue weighted by molar-refractivity contribution is 5.83. The third kappa shape index (κ3) is 4.81. The Hall–Kier alpha value is -1.10. The third-order valence-corrected chi connectivity index (χ3v) is 1.85. The van der Waals surface area contributed by atoms with Crippen LogP contribution >= 0.6 is 0 Å². The van der Waals surface area contributed by atoms with Crippen LogP contribution in [0, 0.1) is 5.92 Å². The van der Waals surface area contributed by atoms with Crippen LogP contribution in [-0.2, 0) is 9.59 Å². The molecule has 0 spiro atoms. The van der Waals surface area contributed by atoms with Crippen molar-refractivity contribution in [2.75, 3.05) is 13.6 Å². The van der Waals surface area contributed by atoms with Gasteiger partial charge in [0, 0.05) is 13.0 Å². The van der Waals surface area contributed by atoms with E-state index in [2.05, 4.69) is 10.6 Å². The quantitative estimate of drug-likeness (QED) is 0.558. The van der Waals surface area contributed by atoms with Gasteiger partial charge in [0.25, 0.3) is 0 Å². The molecule has 0 aromatic rings. The van der Waals surface area contributed by atoms with Gasteiger partial charge < -0.3 is 15.7 Å². The Morgan fingerprint density at radius 1 is 1.36 bits per heavy atom. The van der Waals surface area contributed by atoms with Crippen LogP contribution in [0.25, 0.3) is 0 Å². The summed E-state index contributed by atoms with van der Waals surface area (Å²) in [7, 11) is 1.74. The van der Waals surface area contributed by atoms with E-state index in [0.29, 0.717) is 13.0 Å². The summed E-state index contributed by atoms with van der Waals surface area (Å²) in [6.45, 7) is 4.07. The van der Waals surface area contributed by atoms with E-state index >= 15 is 0 Å². The summed E-state index contributed by atoms with van der Waals surface area (Å²) in [5.74, 6) is -1.33. The van der Waals surface area contributed by atoms with Crippen molar-refractivity contribution in [1.29, 1.82) is 0 Å². The molecule has 0 saturated heterocycles. The Morgan fingerprint density at radius 3 is 2.29 bits per heavy atom. The minimum atomic E-state index is -0.988. The molecule has 82 valence electrons. The Labute approximate surface area is 83.9 Å². The normalized spacial score (nSPS) is 12.6. The fourth-order valence-corrected chi connectivity index (χ4v) is 0.998. The summed E-state index contributed by atoms with van der Waals surface area (Å²) in [6.07, 6.45) is 0.299. The molecular formula is C9H18N2O3. The van der Waals surface area contributed by atoms with Gasteiger partial charge in [0.2, 0.25) is 5.91 Å². The second-order valence-corrected chi connectivity index (χ2v) is 3.48. The molecule has 5 nitrogen and oxygen atoms in total. The predicted molar refractivity (Wildman–Crippen MR) is 52.9 cm³/mol. The molecule has 0 aromatic carbocycles. The Bertz CT molecular complexity index is 204. The van der Waals surface area contributed by atoms with Crippen LogP contribution in [0.4, 0.5) is 0 Å². The fourth-order valence-electron chi connectivity index (χ4n) is 0.998. The first-order valence-corrected chi connectivity index (χ1v) is 4.65. The molecule has 0 aliphatic carbocycles. The Morgan fingerprint density at radius 2 is 1.93 bits per heavy atom. The summed E-state index contributed by atoms with van der Waals surface area (Å²) in [6, 6.07) is -0.792. The average Bonchev–Trinajstić information content (AvgIpc) is 2.09. The zero-order valence-corrected chi connectivity index (χ0v) is 8.83. The number of aliphatic carboxylic acids is 1. The largest absolute Gasteiger partial charge is 0.480 e. The fraction of sp³-hybridized carbons (Fsp3) is 0.778. The second kappa shape index (κ2) is 6.37. The number of carbonyl (C=O) groups excluding carboxylic acids is 1. The molecule has 0 radical (unpaired) electrons. The van der Waals surface area contributed by atoms with Gasteiger partial charge in [-0.05, 0) is 13.0 Å². The molecule has 5 heteroatoms. The molecule has 0 fully saturated rings. The van der Waals surface area contributed by atoms with Gasteiger partial charge >= 0.3 is 5.97 Å².